The largest absolute Gasteiger partial charge is 0.401 e. The quantitative estimate of drug-likeness (QED) is 0.472. The van der Waals surface area contributed by atoms with Crippen molar-refractivity contribution in [3.8, 4) is 0 Å². The molecule has 0 saturated carbocycles. The summed E-state index contributed by atoms with van der Waals surface area (Å²) in [5, 5.41) is 0. The van der Waals surface area contributed by atoms with E-state index in [2.05, 4.69) is 9.17 Å². The molecule has 0 aliphatic heterocycles. The molecule has 0 fully saturated rings. The summed E-state index contributed by atoms with van der Waals surface area (Å²) in [7, 11) is -4.68. The molecule has 0 unspecified atom stereocenters. The van der Waals surface area contributed by atoms with Gasteiger partial charge in [-0.1, -0.05) is 40.9 Å². The zero-order chi connectivity index (χ0) is 11.9. The molecule has 1 heterocycles. The van der Waals surface area contributed by atoms with E-state index in [-0.39, 0.29) is 19.5 Å². The van der Waals surface area contributed by atoms with Crippen molar-refractivity contribution in [3.63, 3.8) is 0 Å². The van der Waals surface area contributed by atoms with Gasteiger partial charge < -0.3 is 0 Å². The molecule has 1 aromatic rings. The predicted molar refractivity (Wildman–Crippen MR) is 57.2 cm³/mol. The molecule has 0 bridgehead atoms. The molecule has 0 aliphatic carbocycles. The van der Waals surface area contributed by atoms with Crippen LogP contribution in [0.3, 0.4) is 0 Å². The van der Waals surface area contributed by atoms with E-state index in [1.807, 2.05) is 18.2 Å². The molecule has 0 radical (unpaired) electrons. The summed E-state index contributed by atoms with van der Waals surface area (Å²) in [4.78, 5) is 3.78. The average Bonchev–Trinajstić information content (AvgIpc) is 2.01. The standard InChI is InChI=1S/C5H5N.CHCl3O4S.Zn/c1-2-4-6-5-3-1;2-1(3,4)8-9(5,6)7;/h1-5H;(H,5,6,7);. The molecule has 0 atom stereocenters. The molecule has 1 rings (SSSR count). The fraction of sp³-hybridized carbons (Fsp3) is 0.167. The second kappa shape index (κ2) is 8.58. The van der Waals surface area contributed by atoms with Gasteiger partial charge in [0.25, 0.3) is 0 Å². The molecule has 0 aliphatic rings. The van der Waals surface area contributed by atoms with Crippen LogP contribution in [0, 0.1) is 0 Å². The van der Waals surface area contributed by atoms with Crippen LogP contribution >= 0.6 is 34.8 Å². The summed E-state index contributed by atoms with van der Waals surface area (Å²) in [5.74, 6) is 0. The molecule has 0 spiro atoms. The van der Waals surface area contributed by atoms with Crippen LogP contribution in [0.4, 0.5) is 0 Å². The second-order valence-corrected chi connectivity index (χ2v) is 5.18. The van der Waals surface area contributed by atoms with Gasteiger partial charge in [-0.15, -0.1) is 0 Å². The van der Waals surface area contributed by atoms with E-state index in [9.17, 15) is 8.42 Å². The Bertz CT molecular complexity index is 342. The molecular formula is C6H6Cl3NO4SZn. The molecule has 0 aromatic carbocycles. The van der Waals surface area contributed by atoms with Crippen molar-refractivity contribution in [1.29, 1.82) is 0 Å². The topological polar surface area (TPSA) is 76.5 Å². The van der Waals surface area contributed by atoms with Crippen molar-refractivity contribution < 1.29 is 36.6 Å². The van der Waals surface area contributed by atoms with Gasteiger partial charge in [0.05, 0.1) is 0 Å². The minimum absolute atomic E-state index is 0. The van der Waals surface area contributed by atoms with E-state index in [0.717, 1.165) is 0 Å². The van der Waals surface area contributed by atoms with Crippen LogP contribution in [-0.2, 0) is 34.1 Å². The predicted octanol–water partition coefficient (Wildman–Crippen LogP) is 2.21. The van der Waals surface area contributed by atoms with E-state index in [1.165, 1.54) is 0 Å². The van der Waals surface area contributed by atoms with Crippen molar-refractivity contribution in [2.75, 3.05) is 0 Å². The summed E-state index contributed by atoms with van der Waals surface area (Å²) in [6.45, 7) is 0. The Morgan fingerprint density at radius 2 is 1.56 bits per heavy atom. The maximum absolute atomic E-state index is 9.73. The third-order valence-electron chi connectivity index (χ3n) is 0.766. The second-order valence-electron chi connectivity index (χ2n) is 1.98. The first kappa shape index (κ1) is 18.9. The molecule has 0 amide bonds. The van der Waals surface area contributed by atoms with E-state index >= 15 is 0 Å². The zero-order valence-corrected chi connectivity index (χ0v) is 13.8. The van der Waals surface area contributed by atoms with Gasteiger partial charge in [0.2, 0.25) is 0 Å². The van der Waals surface area contributed by atoms with E-state index in [4.69, 9.17) is 39.4 Å². The van der Waals surface area contributed by atoms with Crippen LogP contribution in [0.2, 0.25) is 0 Å². The number of halogens is 3. The van der Waals surface area contributed by atoms with Gasteiger partial charge in [-0.2, -0.15) is 12.6 Å². The number of aromatic nitrogens is 1. The van der Waals surface area contributed by atoms with Crippen LogP contribution in [-0.4, -0.2) is 21.9 Å². The van der Waals surface area contributed by atoms with Crippen LogP contribution in [0.5, 0.6) is 0 Å². The maximum Gasteiger partial charge on any atom is 0.401 e. The summed E-state index contributed by atoms with van der Waals surface area (Å²) in [6, 6.07) is 5.72. The Kier molecular flexibility index (Phi) is 10.1. The van der Waals surface area contributed by atoms with Gasteiger partial charge in [0.15, 0.2) is 0 Å². The van der Waals surface area contributed by atoms with Crippen molar-refractivity contribution >= 4 is 45.2 Å². The third-order valence-corrected chi connectivity index (χ3v) is 1.73. The van der Waals surface area contributed by atoms with Crippen LogP contribution in [0.25, 0.3) is 0 Å². The van der Waals surface area contributed by atoms with E-state index in [1.54, 1.807) is 12.4 Å². The smallest absolute Gasteiger partial charge is 0.265 e. The van der Waals surface area contributed by atoms with Gasteiger partial charge in [0, 0.05) is 31.9 Å². The molecule has 88 valence electrons. The van der Waals surface area contributed by atoms with Crippen LogP contribution < -0.4 is 0 Å². The number of hydrogen-bond donors (Lipinski definition) is 1. The van der Waals surface area contributed by atoms with E-state index < -0.39 is 14.4 Å². The first-order valence-corrected chi connectivity index (χ1v) is 5.80. The molecule has 5 nitrogen and oxygen atoms in total. The van der Waals surface area contributed by atoms with Gasteiger partial charge in [-0.05, 0) is 12.1 Å². The summed E-state index contributed by atoms with van der Waals surface area (Å²) in [5.41, 5.74) is 0. The number of pyridine rings is 1. The van der Waals surface area contributed by atoms with Crippen molar-refractivity contribution in [2.45, 2.75) is 3.98 Å². The average molecular weight is 360 g/mol. The number of alkyl halides is 3. The van der Waals surface area contributed by atoms with Crippen molar-refractivity contribution in [2.24, 2.45) is 0 Å². The van der Waals surface area contributed by atoms with Gasteiger partial charge >= 0.3 is 14.4 Å². The molecule has 16 heavy (non-hydrogen) atoms. The normalized spacial score (nSPS) is 10.8. The molecule has 1 N–H and O–H groups in total. The minimum Gasteiger partial charge on any atom is -0.265 e. The Balaban J connectivity index is 0. The number of hydrogen-bond acceptors (Lipinski definition) is 4. The third kappa shape index (κ3) is 16.9. The molecule has 10 heteroatoms. The Morgan fingerprint density at radius 1 is 1.12 bits per heavy atom. The fourth-order valence-electron chi connectivity index (χ4n) is 0.432. The maximum atomic E-state index is 9.73. The minimum atomic E-state index is -4.68. The summed E-state index contributed by atoms with van der Waals surface area (Å²) >= 11 is 14.4. The van der Waals surface area contributed by atoms with Gasteiger partial charge in [0.1, 0.15) is 0 Å². The molecule has 0 saturated heterocycles. The number of rotatable bonds is 1. The van der Waals surface area contributed by atoms with E-state index in [0.29, 0.717) is 0 Å². The van der Waals surface area contributed by atoms with Crippen LogP contribution in [0.1, 0.15) is 0 Å². The zero-order valence-electron chi connectivity index (χ0n) is 7.76. The fourth-order valence-corrected chi connectivity index (χ4v) is 1.39. The first-order valence-electron chi connectivity index (χ1n) is 3.30. The Hall–Kier alpha value is 0.513. The summed E-state index contributed by atoms with van der Waals surface area (Å²) in [6.07, 6.45) is 3.50. The summed E-state index contributed by atoms with van der Waals surface area (Å²) < 4.78 is 28.3. The van der Waals surface area contributed by atoms with Crippen molar-refractivity contribution in [1.82, 2.24) is 4.98 Å². The Labute approximate surface area is 121 Å². The first-order chi connectivity index (χ1) is 6.71. The van der Waals surface area contributed by atoms with Crippen LogP contribution in [0.15, 0.2) is 30.6 Å². The molecular weight excluding hydrogens is 354 g/mol. The van der Waals surface area contributed by atoms with Gasteiger partial charge in [-0.3, -0.25) is 9.54 Å². The monoisotopic (exact) mass is 357 g/mol. The van der Waals surface area contributed by atoms with Crippen molar-refractivity contribution in [3.05, 3.63) is 30.6 Å². The SMILES string of the molecule is O=S(=O)(O)OC(Cl)(Cl)Cl.[Zn].c1ccncc1. The number of nitrogens with zero attached hydrogens (tertiary/aromatic N) is 1. The molecule has 1 aromatic heterocycles. The Morgan fingerprint density at radius 3 is 1.62 bits per heavy atom. The van der Waals surface area contributed by atoms with Gasteiger partial charge in [-0.25, -0.2) is 0 Å².